The first-order valence-electron chi connectivity index (χ1n) is 5.69. The highest BCUT2D eigenvalue weighted by atomic mass is 16.5. The molecule has 0 bridgehead atoms. The Morgan fingerprint density at radius 2 is 1.84 bits per heavy atom. The van der Waals surface area contributed by atoms with Gasteiger partial charge in [0.25, 0.3) is 0 Å². The van der Waals surface area contributed by atoms with Gasteiger partial charge >= 0.3 is 5.97 Å². The van der Waals surface area contributed by atoms with Crippen molar-refractivity contribution in [3.63, 3.8) is 0 Å². The van der Waals surface area contributed by atoms with Gasteiger partial charge in [0, 0.05) is 6.07 Å². The monoisotopic (exact) mass is 251 g/mol. The molecule has 3 aromatic rings. The van der Waals surface area contributed by atoms with Crippen molar-refractivity contribution in [1.82, 2.24) is 15.4 Å². The fraction of sp³-hybridized carbons (Fsp3) is 0. The van der Waals surface area contributed by atoms with Crippen LogP contribution in [0.5, 0.6) is 5.88 Å². The molecule has 0 N–H and O–H groups in total. The normalized spacial score (nSPS) is 10.3. The van der Waals surface area contributed by atoms with Crippen molar-refractivity contribution in [2.24, 2.45) is 0 Å². The second kappa shape index (κ2) is 4.81. The maximum Gasteiger partial charge on any atom is 0.345 e. The maximum atomic E-state index is 12.1. The summed E-state index contributed by atoms with van der Waals surface area (Å²) in [5.41, 5.74) is 0.497. The third kappa shape index (κ3) is 2.26. The van der Waals surface area contributed by atoms with Crippen LogP contribution in [-0.2, 0) is 0 Å². The van der Waals surface area contributed by atoms with Crippen molar-refractivity contribution in [2.45, 2.75) is 0 Å². The van der Waals surface area contributed by atoms with Crippen LogP contribution in [0.1, 0.15) is 10.4 Å². The summed E-state index contributed by atoms with van der Waals surface area (Å²) in [6, 6.07) is 14.6. The highest BCUT2D eigenvalue weighted by Gasteiger charge is 2.12. The van der Waals surface area contributed by atoms with Crippen molar-refractivity contribution in [3.05, 3.63) is 60.3 Å². The molecule has 0 unspecified atom stereocenters. The van der Waals surface area contributed by atoms with Gasteiger partial charge in [0.15, 0.2) is 0 Å². The summed E-state index contributed by atoms with van der Waals surface area (Å²) in [4.78, 5) is 12.1. The molecule has 0 atom stereocenters. The van der Waals surface area contributed by atoms with Gasteiger partial charge in [0.05, 0.1) is 11.8 Å². The Morgan fingerprint density at radius 1 is 1.00 bits per heavy atom. The minimum Gasteiger partial charge on any atom is -0.402 e. The zero-order valence-corrected chi connectivity index (χ0v) is 9.85. The maximum absolute atomic E-state index is 12.1. The van der Waals surface area contributed by atoms with E-state index in [9.17, 15) is 4.79 Å². The van der Waals surface area contributed by atoms with Crippen molar-refractivity contribution in [3.8, 4) is 5.88 Å². The summed E-state index contributed by atoms with van der Waals surface area (Å²) >= 11 is 0. The summed E-state index contributed by atoms with van der Waals surface area (Å²) in [5, 5.41) is 12.4. The molecule has 1 heterocycles. The second-order valence-corrected chi connectivity index (χ2v) is 3.88. The average Bonchev–Trinajstić information content (AvgIpc) is 2.47. The predicted molar refractivity (Wildman–Crippen MR) is 68.7 cm³/mol. The van der Waals surface area contributed by atoms with Gasteiger partial charge in [-0.1, -0.05) is 41.5 Å². The Kier molecular flexibility index (Phi) is 2.86. The smallest absolute Gasteiger partial charge is 0.345 e. The Labute approximate surface area is 108 Å². The van der Waals surface area contributed by atoms with Gasteiger partial charge in [-0.25, -0.2) is 4.79 Å². The van der Waals surface area contributed by atoms with Crippen LogP contribution in [0.4, 0.5) is 0 Å². The quantitative estimate of drug-likeness (QED) is 0.653. The number of ether oxygens (including phenoxy) is 1. The molecule has 0 saturated heterocycles. The van der Waals surface area contributed by atoms with E-state index in [0.717, 1.165) is 10.8 Å². The number of aromatic nitrogens is 3. The van der Waals surface area contributed by atoms with Crippen LogP contribution in [0, 0.1) is 0 Å². The Hall–Kier alpha value is -2.82. The topological polar surface area (TPSA) is 65.0 Å². The number of hydrogen-bond acceptors (Lipinski definition) is 5. The number of benzene rings is 2. The third-order valence-electron chi connectivity index (χ3n) is 2.69. The lowest BCUT2D eigenvalue weighted by atomic mass is 10.1. The van der Waals surface area contributed by atoms with Gasteiger partial charge in [-0.3, -0.25) is 0 Å². The summed E-state index contributed by atoms with van der Waals surface area (Å²) in [7, 11) is 0. The van der Waals surface area contributed by atoms with E-state index in [-0.39, 0.29) is 5.88 Å². The van der Waals surface area contributed by atoms with E-state index in [2.05, 4.69) is 15.4 Å². The predicted octanol–water partition coefficient (Wildman–Crippen LogP) is 2.24. The zero-order valence-electron chi connectivity index (χ0n) is 9.85. The lowest BCUT2D eigenvalue weighted by Gasteiger charge is -2.05. The number of esters is 1. The lowest BCUT2D eigenvalue weighted by molar-refractivity contribution is 0.0727. The minimum atomic E-state index is -0.461. The highest BCUT2D eigenvalue weighted by molar-refractivity contribution is 6.05. The molecule has 0 radical (unpaired) electrons. The summed E-state index contributed by atoms with van der Waals surface area (Å²) in [6.45, 7) is 0. The van der Waals surface area contributed by atoms with Gasteiger partial charge in [-0.05, 0) is 22.1 Å². The molecule has 0 spiro atoms. The number of hydrogen-bond donors (Lipinski definition) is 0. The molecule has 0 fully saturated rings. The molecule has 0 aliphatic rings. The van der Waals surface area contributed by atoms with E-state index in [4.69, 9.17) is 4.74 Å². The van der Waals surface area contributed by atoms with Gasteiger partial charge in [0.2, 0.25) is 5.88 Å². The van der Waals surface area contributed by atoms with Crippen LogP contribution in [-0.4, -0.2) is 21.4 Å². The van der Waals surface area contributed by atoms with E-state index < -0.39 is 5.97 Å². The van der Waals surface area contributed by atoms with Crippen molar-refractivity contribution >= 4 is 16.7 Å². The molecular weight excluding hydrogens is 242 g/mol. The van der Waals surface area contributed by atoms with Crippen LogP contribution in [0.25, 0.3) is 10.8 Å². The highest BCUT2D eigenvalue weighted by Crippen LogP contribution is 2.19. The van der Waals surface area contributed by atoms with E-state index in [1.807, 2.05) is 36.4 Å². The molecule has 0 aliphatic heterocycles. The van der Waals surface area contributed by atoms with Crippen molar-refractivity contribution in [2.75, 3.05) is 0 Å². The van der Waals surface area contributed by atoms with Crippen molar-refractivity contribution in [1.29, 1.82) is 0 Å². The first kappa shape index (κ1) is 11.3. The molecule has 0 amide bonds. The van der Waals surface area contributed by atoms with E-state index >= 15 is 0 Å². The molecule has 5 nitrogen and oxygen atoms in total. The Balaban J connectivity index is 1.98. The first-order chi connectivity index (χ1) is 9.34. The fourth-order valence-corrected chi connectivity index (χ4v) is 1.84. The molecule has 0 aliphatic carbocycles. The van der Waals surface area contributed by atoms with E-state index in [1.54, 1.807) is 6.07 Å². The summed E-state index contributed by atoms with van der Waals surface area (Å²) in [6.07, 6.45) is 1.42. The molecular formula is C14H9N3O2. The summed E-state index contributed by atoms with van der Waals surface area (Å²) in [5.74, 6) is -0.328. The number of carbonyl (C=O) groups excluding carboxylic acids is 1. The molecule has 92 valence electrons. The van der Waals surface area contributed by atoms with Crippen LogP contribution in [0.15, 0.2) is 54.7 Å². The minimum absolute atomic E-state index is 0.132. The number of nitrogens with zero attached hydrogens (tertiary/aromatic N) is 3. The Morgan fingerprint density at radius 3 is 2.68 bits per heavy atom. The Bertz CT molecular complexity index is 724. The SMILES string of the molecule is O=C(Oc1ccnnn1)c1cccc2ccccc12. The second-order valence-electron chi connectivity index (χ2n) is 3.88. The van der Waals surface area contributed by atoms with Crippen molar-refractivity contribution < 1.29 is 9.53 Å². The molecule has 0 saturated carbocycles. The largest absolute Gasteiger partial charge is 0.402 e. The van der Waals surface area contributed by atoms with Gasteiger partial charge in [0.1, 0.15) is 0 Å². The van der Waals surface area contributed by atoms with E-state index in [1.165, 1.54) is 12.3 Å². The molecule has 5 heteroatoms. The zero-order chi connectivity index (χ0) is 13.1. The van der Waals surface area contributed by atoms with Crippen LogP contribution >= 0.6 is 0 Å². The fourth-order valence-electron chi connectivity index (χ4n) is 1.84. The standard InChI is InChI=1S/C14H9N3O2/c18-14(19-13-8-9-15-17-16-13)12-7-3-5-10-4-1-2-6-11(10)12/h1-9H. The van der Waals surface area contributed by atoms with Gasteiger partial charge in [-0.2, -0.15) is 0 Å². The number of rotatable bonds is 2. The first-order valence-corrected chi connectivity index (χ1v) is 5.69. The average molecular weight is 251 g/mol. The lowest BCUT2D eigenvalue weighted by Crippen LogP contribution is -2.10. The molecule has 2 aromatic carbocycles. The third-order valence-corrected chi connectivity index (χ3v) is 2.69. The molecule has 19 heavy (non-hydrogen) atoms. The number of carbonyl (C=O) groups is 1. The molecule has 3 rings (SSSR count). The number of fused-ring (bicyclic) bond motifs is 1. The van der Waals surface area contributed by atoms with E-state index in [0.29, 0.717) is 5.56 Å². The van der Waals surface area contributed by atoms with Crippen LogP contribution in [0.3, 0.4) is 0 Å². The molecule has 1 aromatic heterocycles. The van der Waals surface area contributed by atoms with Gasteiger partial charge < -0.3 is 4.74 Å². The summed E-state index contributed by atoms with van der Waals surface area (Å²) < 4.78 is 5.16. The van der Waals surface area contributed by atoms with Gasteiger partial charge in [-0.15, -0.1) is 5.10 Å². The van der Waals surface area contributed by atoms with Crippen LogP contribution in [0.2, 0.25) is 0 Å². The van der Waals surface area contributed by atoms with Crippen LogP contribution < -0.4 is 4.74 Å².